The van der Waals surface area contributed by atoms with E-state index in [1.54, 1.807) is 0 Å². The summed E-state index contributed by atoms with van der Waals surface area (Å²) in [7, 11) is 0. The monoisotopic (exact) mass is 900 g/mol. The highest BCUT2D eigenvalue weighted by molar-refractivity contribution is 5.77. The molecule has 0 fully saturated rings. The van der Waals surface area contributed by atoms with Gasteiger partial charge in [0.05, 0.1) is 25.2 Å². The van der Waals surface area contributed by atoms with Gasteiger partial charge in [-0.15, -0.1) is 0 Å². The average Bonchev–Trinajstić information content (AvgIpc) is 3.29. The SMILES string of the molecule is CCCCC/C=C\C/C=C\C/C=C\CCCCCCC(=O)OC(CCCCCCCCCCCCC)CC(=O)NC(CO)C(O)CCCCCCCCCCCCCCCCCCC. The number of unbranched alkanes of at least 4 members (excludes halogenated alkanes) is 33. The van der Waals surface area contributed by atoms with Gasteiger partial charge in [-0.3, -0.25) is 9.59 Å². The molecule has 1 amide bonds. The minimum absolute atomic E-state index is 0.0725. The van der Waals surface area contributed by atoms with Crippen LogP contribution in [0.5, 0.6) is 0 Å². The summed E-state index contributed by atoms with van der Waals surface area (Å²) >= 11 is 0. The van der Waals surface area contributed by atoms with E-state index in [4.69, 9.17) is 4.74 Å². The lowest BCUT2D eigenvalue weighted by Gasteiger charge is -2.24. The molecule has 6 heteroatoms. The zero-order valence-electron chi connectivity index (χ0n) is 42.9. The van der Waals surface area contributed by atoms with Crippen LogP contribution in [-0.2, 0) is 14.3 Å². The van der Waals surface area contributed by atoms with Gasteiger partial charge >= 0.3 is 5.97 Å². The number of carbonyl (C=O) groups is 2. The first-order valence-corrected chi connectivity index (χ1v) is 28.2. The van der Waals surface area contributed by atoms with Gasteiger partial charge in [-0.1, -0.05) is 256 Å². The smallest absolute Gasteiger partial charge is 0.306 e. The van der Waals surface area contributed by atoms with Crippen LogP contribution in [0, 0.1) is 0 Å². The number of hydrogen-bond donors (Lipinski definition) is 3. The maximum atomic E-state index is 13.2. The van der Waals surface area contributed by atoms with E-state index in [9.17, 15) is 19.8 Å². The summed E-state index contributed by atoms with van der Waals surface area (Å²) in [6, 6.07) is -0.703. The van der Waals surface area contributed by atoms with Crippen molar-refractivity contribution in [1.82, 2.24) is 5.32 Å². The van der Waals surface area contributed by atoms with Crippen molar-refractivity contribution in [2.75, 3.05) is 6.61 Å². The molecule has 0 heterocycles. The number of carbonyl (C=O) groups excluding carboxylic acids is 2. The first-order valence-electron chi connectivity index (χ1n) is 28.2. The molecule has 0 spiro atoms. The van der Waals surface area contributed by atoms with Crippen molar-refractivity contribution < 1.29 is 24.5 Å². The molecular weight excluding hydrogens is 791 g/mol. The highest BCUT2D eigenvalue weighted by atomic mass is 16.5. The van der Waals surface area contributed by atoms with E-state index >= 15 is 0 Å². The summed E-state index contributed by atoms with van der Waals surface area (Å²) in [5.74, 6) is -0.486. The third-order valence-electron chi connectivity index (χ3n) is 13.0. The van der Waals surface area contributed by atoms with Crippen molar-refractivity contribution in [3.05, 3.63) is 36.5 Å². The molecule has 0 rings (SSSR count). The molecule has 0 bridgehead atoms. The Morgan fingerprint density at radius 1 is 0.453 bits per heavy atom. The second kappa shape index (κ2) is 52.1. The molecule has 0 saturated carbocycles. The molecule has 0 aliphatic carbocycles. The van der Waals surface area contributed by atoms with E-state index in [1.807, 2.05) is 0 Å². The van der Waals surface area contributed by atoms with E-state index < -0.39 is 18.2 Å². The quantitative estimate of drug-likeness (QED) is 0.0321. The topological polar surface area (TPSA) is 95.9 Å². The van der Waals surface area contributed by atoms with Gasteiger partial charge < -0.3 is 20.3 Å². The Bertz CT molecular complexity index is 1060. The zero-order chi connectivity index (χ0) is 46.7. The number of nitrogens with one attached hydrogen (secondary N) is 1. The van der Waals surface area contributed by atoms with E-state index in [0.29, 0.717) is 19.3 Å². The lowest BCUT2D eigenvalue weighted by Crippen LogP contribution is -2.46. The van der Waals surface area contributed by atoms with Crippen LogP contribution in [0.15, 0.2) is 36.5 Å². The third-order valence-corrected chi connectivity index (χ3v) is 13.0. The van der Waals surface area contributed by atoms with Crippen molar-refractivity contribution in [2.45, 2.75) is 315 Å². The molecule has 6 nitrogen and oxygen atoms in total. The Kier molecular flexibility index (Phi) is 50.5. The van der Waals surface area contributed by atoms with Crippen molar-refractivity contribution in [2.24, 2.45) is 0 Å². The summed E-state index contributed by atoms with van der Waals surface area (Å²) in [6.45, 7) is 6.48. The Morgan fingerprint density at radius 3 is 1.23 bits per heavy atom. The predicted octanol–water partition coefficient (Wildman–Crippen LogP) is 17.2. The molecule has 0 aromatic heterocycles. The Morgan fingerprint density at radius 2 is 0.797 bits per heavy atom. The second-order valence-corrected chi connectivity index (χ2v) is 19.3. The fraction of sp³-hybridized carbons (Fsp3) is 0.862. The number of allylic oxidation sites excluding steroid dienone is 6. The van der Waals surface area contributed by atoms with E-state index in [2.05, 4.69) is 62.5 Å². The lowest BCUT2D eigenvalue weighted by molar-refractivity contribution is -0.151. The van der Waals surface area contributed by atoms with Gasteiger partial charge in [0.2, 0.25) is 5.91 Å². The minimum atomic E-state index is -0.789. The molecule has 3 atom stereocenters. The van der Waals surface area contributed by atoms with E-state index in [-0.39, 0.29) is 24.9 Å². The summed E-state index contributed by atoms with van der Waals surface area (Å²) in [4.78, 5) is 26.2. The molecule has 0 aromatic rings. The number of rotatable bonds is 51. The van der Waals surface area contributed by atoms with Crippen LogP contribution in [0.1, 0.15) is 297 Å². The highest BCUT2D eigenvalue weighted by Crippen LogP contribution is 2.18. The molecule has 0 aliphatic heterocycles. The third kappa shape index (κ3) is 46.6. The van der Waals surface area contributed by atoms with Crippen LogP contribution in [0.2, 0.25) is 0 Å². The number of ether oxygens (including phenoxy) is 1. The van der Waals surface area contributed by atoms with Crippen LogP contribution in [-0.4, -0.2) is 46.9 Å². The zero-order valence-corrected chi connectivity index (χ0v) is 42.9. The van der Waals surface area contributed by atoms with Crippen molar-refractivity contribution >= 4 is 11.9 Å². The van der Waals surface area contributed by atoms with E-state index in [0.717, 1.165) is 70.6 Å². The summed E-state index contributed by atoms with van der Waals surface area (Å²) in [5.41, 5.74) is 0. The molecule has 3 unspecified atom stereocenters. The minimum Gasteiger partial charge on any atom is -0.462 e. The number of aliphatic hydroxyl groups excluding tert-OH is 2. The fourth-order valence-corrected chi connectivity index (χ4v) is 8.67. The Hall–Kier alpha value is -1.92. The maximum Gasteiger partial charge on any atom is 0.306 e. The first-order chi connectivity index (χ1) is 31.5. The van der Waals surface area contributed by atoms with Crippen molar-refractivity contribution in [3.8, 4) is 0 Å². The van der Waals surface area contributed by atoms with Crippen LogP contribution >= 0.6 is 0 Å². The van der Waals surface area contributed by atoms with Gasteiger partial charge in [0.25, 0.3) is 0 Å². The fourth-order valence-electron chi connectivity index (χ4n) is 8.67. The molecular formula is C58H109NO5. The molecule has 376 valence electrons. The molecule has 3 N–H and O–H groups in total. The molecule has 64 heavy (non-hydrogen) atoms. The Labute approximate surface area is 398 Å². The number of esters is 1. The summed E-state index contributed by atoms with van der Waals surface area (Å²) in [5, 5.41) is 23.9. The molecule has 0 aromatic carbocycles. The maximum absolute atomic E-state index is 13.2. The molecule has 0 saturated heterocycles. The van der Waals surface area contributed by atoms with Crippen molar-refractivity contribution in [1.29, 1.82) is 0 Å². The van der Waals surface area contributed by atoms with Gasteiger partial charge in [-0.2, -0.15) is 0 Å². The Balaban J connectivity index is 4.48. The van der Waals surface area contributed by atoms with Gasteiger partial charge in [-0.05, 0) is 64.2 Å². The highest BCUT2D eigenvalue weighted by Gasteiger charge is 2.24. The van der Waals surface area contributed by atoms with Crippen LogP contribution in [0.4, 0.5) is 0 Å². The average molecular weight is 901 g/mol. The van der Waals surface area contributed by atoms with Gasteiger partial charge in [0.15, 0.2) is 0 Å². The normalized spacial score (nSPS) is 13.4. The lowest BCUT2D eigenvalue weighted by atomic mass is 10.0. The van der Waals surface area contributed by atoms with Gasteiger partial charge in [0.1, 0.15) is 6.10 Å². The summed E-state index contributed by atoms with van der Waals surface area (Å²) < 4.78 is 5.94. The van der Waals surface area contributed by atoms with Crippen LogP contribution in [0.25, 0.3) is 0 Å². The second-order valence-electron chi connectivity index (χ2n) is 19.3. The number of amides is 1. The largest absolute Gasteiger partial charge is 0.462 e. The van der Waals surface area contributed by atoms with Crippen molar-refractivity contribution in [3.63, 3.8) is 0 Å². The molecule has 0 radical (unpaired) electrons. The number of aliphatic hydroxyl groups is 2. The van der Waals surface area contributed by atoms with E-state index in [1.165, 1.54) is 180 Å². The van der Waals surface area contributed by atoms with Crippen LogP contribution in [0.3, 0.4) is 0 Å². The number of hydrogen-bond acceptors (Lipinski definition) is 5. The standard InChI is InChI=1S/C58H109NO5/c1-4-7-10-13-16-19-22-24-26-28-30-32-35-38-41-44-47-50-56(61)55(53-60)59-57(62)52-54(49-46-43-40-37-34-21-18-15-12-9-6-3)64-58(63)51-48-45-42-39-36-33-31-29-27-25-23-20-17-14-11-8-5-2/h17,20,25,27,31,33,54-56,60-61H,4-16,18-19,21-24,26,28-30,32,34-53H2,1-3H3,(H,59,62)/b20-17-,27-25-,33-31-. The molecule has 0 aliphatic rings. The van der Waals surface area contributed by atoms with Gasteiger partial charge in [-0.25, -0.2) is 0 Å². The van der Waals surface area contributed by atoms with Crippen LogP contribution < -0.4 is 5.32 Å². The summed E-state index contributed by atoms with van der Waals surface area (Å²) in [6.07, 6.45) is 62.1. The van der Waals surface area contributed by atoms with Gasteiger partial charge in [0, 0.05) is 6.42 Å². The predicted molar refractivity (Wildman–Crippen MR) is 278 cm³/mol. The first kappa shape index (κ1) is 62.1.